The summed E-state index contributed by atoms with van der Waals surface area (Å²) in [6.45, 7) is 17.1. The zero-order valence-corrected chi connectivity index (χ0v) is 26.0. The molecule has 0 bridgehead atoms. The van der Waals surface area contributed by atoms with Gasteiger partial charge in [-0.1, -0.05) is 54.0 Å². The summed E-state index contributed by atoms with van der Waals surface area (Å²) in [5, 5.41) is 25.8. The van der Waals surface area contributed by atoms with Gasteiger partial charge in [0.15, 0.2) is 0 Å². The van der Waals surface area contributed by atoms with Gasteiger partial charge in [-0.05, 0) is 102 Å². The number of carboxylic acid groups (broad SMARTS) is 1. The number of nitrogens with two attached hydrogens (primary N) is 1. The van der Waals surface area contributed by atoms with E-state index in [9.17, 15) is 9.90 Å². The first-order valence-corrected chi connectivity index (χ1v) is 15.9. The van der Waals surface area contributed by atoms with Gasteiger partial charge in [0.2, 0.25) is 0 Å². The summed E-state index contributed by atoms with van der Waals surface area (Å²) in [6.07, 6.45) is 12.3. The number of hydrogen-bond donors (Lipinski definition) is 4. The number of aromatic nitrogens is 4. The van der Waals surface area contributed by atoms with Crippen LogP contribution in [0, 0.1) is 51.2 Å². The number of carbonyl (C=O) groups is 1. The number of hydrogen-bond acceptors (Lipinski definition) is 4. The van der Waals surface area contributed by atoms with Crippen LogP contribution < -0.4 is 5.73 Å². The van der Waals surface area contributed by atoms with Crippen molar-refractivity contribution in [2.45, 2.75) is 105 Å². The summed E-state index contributed by atoms with van der Waals surface area (Å²) in [6, 6.07) is 0. The first-order chi connectivity index (χ1) is 19.1. The van der Waals surface area contributed by atoms with Crippen LogP contribution in [-0.4, -0.2) is 31.5 Å². The molecule has 3 fully saturated rings. The highest BCUT2D eigenvalue weighted by atomic mass is 16.4. The largest absolute Gasteiger partial charge is 0.481 e. The fourth-order valence-electron chi connectivity index (χ4n) is 12.1. The van der Waals surface area contributed by atoms with Crippen LogP contribution >= 0.6 is 0 Å². The number of anilines is 1. The number of carboxylic acids is 1. The molecule has 3 saturated carbocycles. The molecular weight excluding hydrogens is 510 g/mol. The van der Waals surface area contributed by atoms with Gasteiger partial charge in [-0.25, -0.2) is 0 Å². The summed E-state index contributed by atoms with van der Waals surface area (Å²) in [5.41, 5.74) is 13.3. The van der Waals surface area contributed by atoms with Crippen LogP contribution in [0.3, 0.4) is 0 Å². The van der Waals surface area contributed by atoms with Crippen LogP contribution in [0.4, 0.5) is 5.82 Å². The Bertz CT molecular complexity index is 1430. The average molecular weight is 560 g/mol. The van der Waals surface area contributed by atoms with E-state index >= 15 is 0 Å². The third kappa shape index (κ3) is 3.41. The molecule has 5 aliphatic carbocycles. The fraction of sp³-hybridized carbons (Fsp3) is 0.735. The summed E-state index contributed by atoms with van der Waals surface area (Å²) < 4.78 is 0. The SMILES string of the molecule is CC1(C)C[C@@H]2C3=C(c4cn[nH]c4)CC4[C@@]5(C)Cc6c(n[nH]c6N)C(C)(C)[C@@H]5CC[C@@]4(C)[C@]3(C)CC[C@@H]2[C@H](C(=O)O)C1. The Kier molecular flexibility index (Phi) is 5.51. The maximum atomic E-state index is 12.7. The maximum absolute atomic E-state index is 12.7. The number of allylic oxidation sites excluding steroid dienone is 2. The molecule has 7 heteroatoms. The molecule has 222 valence electrons. The lowest BCUT2D eigenvalue weighted by atomic mass is 9.33. The third-order valence-corrected chi connectivity index (χ3v) is 13.9. The van der Waals surface area contributed by atoms with Crippen LogP contribution in [-0.2, 0) is 16.6 Å². The van der Waals surface area contributed by atoms with E-state index in [0.29, 0.717) is 17.8 Å². The lowest BCUT2D eigenvalue weighted by Gasteiger charge is -2.70. The second kappa shape index (κ2) is 8.29. The van der Waals surface area contributed by atoms with Crippen LogP contribution in [0.25, 0.3) is 5.57 Å². The first kappa shape index (κ1) is 27.3. The van der Waals surface area contributed by atoms with Gasteiger partial charge in [0.05, 0.1) is 17.8 Å². The minimum Gasteiger partial charge on any atom is -0.481 e. The Hall–Kier alpha value is -2.57. The Morgan fingerprint density at radius 2 is 1.80 bits per heavy atom. The highest BCUT2D eigenvalue weighted by Crippen LogP contribution is 2.76. The van der Waals surface area contributed by atoms with Crippen LogP contribution in [0.15, 0.2) is 18.0 Å². The summed E-state index contributed by atoms with van der Waals surface area (Å²) in [7, 11) is 0. The van der Waals surface area contributed by atoms with E-state index in [1.807, 2.05) is 6.20 Å². The predicted molar refractivity (Wildman–Crippen MR) is 161 cm³/mol. The van der Waals surface area contributed by atoms with Gasteiger partial charge >= 0.3 is 5.97 Å². The second-order valence-electron chi connectivity index (χ2n) is 16.7. The molecule has 41 heavy (non-hydrogen) atoms. The van der Waals surface area contributed by atoms with Gasteiger partial charge < -0.3 is 10.8 Å². The standard InChI is InChI=1S/C34H49N5O2/c1-30(2)13-21-19(22(14-30)29(40)41)8-10-34(7)26(21)20(18-16-36-37-17-18)12-25-32(5)15-23-27(38-39-28(23)35)31(3,4)24(32)9-11-33(25,34)6/h16-17,19,21-22,24-25H,8-15H2,1-7H3,(H,36,37)(H,40,41)(H3,35,38,39)/t19-,21-,22+,24-,25?,32-,33+,34+/m0/s1. The molecule has 5 aliphatic rings. The Labute approximate surface area is 244 Å². The topological polar surface area (TPSA) is 121 Å². The maximum Gasteiger partial charge on any atom is 0.306 e. The fourth-order valence-corrected chi connectivity index (χ4v) is 12.1. The van der Waals surface area contributed by atoms with Crippen molar-refractivity contribution in [3.8, 4) is 0 Å². The molecule has 7 rings (SSSR count). The van der Waals surface area contributed by atoms with Crippen molar-refractivity contribution in [1.82, 2.24) is 20.4 Å². The molecule has 0 aliphatic heterocycles. The molecule has 0 saturated heterocycles. The quantitative estimate of drug-likeness (QED) is 0.316. The third-order valence-electron chi connectivity index (χ3n) is 13.9. The number of aliphatic carboxylic acids is 1. The predicted octanol–water partition coefficient (Wildman–Crippen LogP) is 7.00. The van der Waals surface area contributed by atoms with Crippen molar-refractivity contribution < 1.29 is 9.90 Å². The van der Waals surface area contributed by atoms with E-state index in [4.69, 9.17) is 10.8 Å². The van der Waals surface area contributed by atoms with Gasteiger partial charge in [0, 0.05) is 22.7 Å². The molecule has 5 N–H and O–H groups in total. The molecule has 1 unspecified atom stereocenters. The lowest BCUT2D eigenvalue weighted by molar-refractivity contribution is -0.161. The molecule has 0 radical (unpaired) electrons. The number of nitrogens with zero attached hydrogens (tertiary/aromatic N) is 2. The zero-order chi connectivity index (χ0) is 29.3. The summed E-state index contributed by atoms with van der Waals surface area (Å²) in [5.74, 6) is 1.35. The molecule has 0 amide bonds. The molecule has 7 nitrogen and oxygen atoms in total. The number of nitrogens with one attached hydrogen (secondary N) is 2. The van der Waals surface area contributed by atoms with Crippen molar-refractivity contribution in [1.29, 1.82) is 0 Å². The molecular formula is C34H49N5O2. The highest BCUT2D eigenvalue weighted by Gasteiger charge is 2.68. The van der Waals surface area contributed by atoms with Gasteiger partial charge in [-0.15, -0.1) is 0 Å². The normalized spacial score (nSPS) is 42.4. The van der Waals surface area contributed by atoms with Crippen LogP contribution in [0.2, 0.25) is 0 Å². The van der Waals surface area contributed by atoms with Crippen LogP contribution in [0.5, 0.6) is 0 Å². The molecule has 0 spiro atoms. The monoisotopic (exact) mass is 559 g/mol. The lowest BCUT2D eigenvalue weighted by Crippen LogP contribution is -2.64. The van der Waals surface area contributed by atoms with Crippen molar-refractivity contribution in [3.05, 3.63) is 34.8 Å². The van der Waals surface area contributed by atoms with Crippen molar-refractivity contribution >= 4 is 17.4 Å². The molecule has 2 aromatic heterocycles. The summed E-state index contributed by atoms with van der Waals surface area (Å²) >= 11 is 0. The number of aromatic amines is 2. The second-order valence-corrected chi connectivity index (χ2v) is 16.7. The Morgan fingerprint density at radius 1 is 1.05 bits per heavy atom. The molecule has 8 atom stereocenters. The van der Waals surface area contributed by atoms with E-state index < -0.39 is 5.97 Å². The number of H-pyrrole nitrogens is 2. The van der Waals surface area contributed by atoms with E-state index in [-0.39, 0.29) is 38.9 Å². The number of nitrogen functional groups attached to an aromatic ring is 1. The minimum atomic E-state index is -0.604. The van der Waals surface area contributed by atoms with Gasteiger partial charge in [-0.3, -0.25) is 15.0 Å². The number of rotatable bonds is 2. The van der Waals surface area contributed by atoms with E-state index in [1.165, 1.54) is 35.2 Å². The Morgan fingerprint density at radius 3 is 2.49 bits per heavy atom. The van der Waals surface area contributed by atoms with E-state index in [0.717, 1.165) is 44.3 Å². The molecule has 2 aromatic rings. The smallest absolute Gasteiger partial charge is 0.306 e. The van der Waals surface area contributed by atoms with Crippen LogP contribution in [0.1, 0.15) is 110 Å². The first-order valence-electron chi connectivity index (χ1n) is 15.9. The van der Waals surface area contributed by atoms with E-state index in [2.05, 4.69) is 70.0 Å². The van der Waals surface area contributed by atoms with Gasteiger partial charge in [0.25, 0.3) is 0 Å². The van der Waals surface area contributed by atoms with Gasteiger partial charge in [-0.2, -0.15) is 10.2 Å². The highest BCUT2D eigenvalue weighted by molar-refractivity contribution is 5.74. The molecule has 2 heterocycles. The average Bonchev–Trinajstić information content (AvgIpc) is 3.54. The van der Waals surface area contributed by atoms with Crippen molar-refractivity contribution in [3.63, 3.8) is 0 Å². The number of fused-ring (bicyclic) bond motifs is 8. The molecule has 0 aromatic carbocycles. The summed E-state index contributed by atoms with van der Waals surface area (Å²) in [4.78, 5) is 12.7. The Balaban J connectivity index is 1.44. The van der Waals surface area contributed by atoms with Crippen molar-refractivity contribution in [2.24, 2.45) is 51.2 Å². The zero-order valence-electron chi connectivity index (χ0n) is 26.0. The van der Waals surface area contributed by atoms with Gasteiger partial charge in [0.1, 0.15) is 5.82 Å². The van der Waals surface area contributed by atoms with Crippen molar-refractivity contribution in [2.75, 3.05) is 5.73 Å². The van der Waals surface area contributed by atoms with E-state index in [1.54, 1.807) is 5.57 Å². The minimum absolute atomic E-state index is 0.000497.